The number of hydrogen-bond donors (Lipinski definition) is 1. The van der Waals surface area contributed by atoms with Crippen LogP contribution in [0.3, 0.4) is 0 Å². The number of tetrazole rings is 1. The van der Waals surface area contributed by atoms with E-state index in [4.69, 9.17) is 10.5 Å². The molecule has 2 atom stereocenters. The highest BCUT2D eigenvalue weighted by atomic mass is 16.5. The van der Waals surface area contributed by atoms with Gasteiger partial charge in [0.15, 0.2) is 5.82 Å². The molecule has 1 aromatic rings. The van der Waals surface area contributed by atoms with Gasteiger partial charge >= 0.3 is 0 Å². The third kappa shape index (κ3) is 2.08. The molecule has 1 aliphatic heterocycles. The van der Waals surface area contributed by atoms with Gasteiger partial charge in [0.25, 0.3) is 0 Å². The fraction of sp³-hybridized carbons (Fsp3) is 0.875. The molecule has 78 valence electrons. The minimum absolute atomic E-state index is 0.0849. The van der Waals surface area contributed by atoms with Crippen LogP contribution in [-0.2, 0) is 18.2 Å². The Balaban J connectivity index is 1.90. The first kappa shape index (κ1) is 9.54. The van der Waals surface area contributed by atoms with Crippen LogP contribution in [0, 0.1) is 5.92 Å². The van der Waals surface area contributed by atoms with E-state index in [0.717, 1.165) is 19.6 Å². The van der Waals surface area contributed by atoms with Crippen molar-refractivity contribution in [1.82, 2.24) is 20.2 Å². The largest absolute Gasteiger partial charge is 0.381 e. The molecular formula is C8H15N5O. The minimum Gasteiger partial charge on any atom is -0.381 e. The lowest BCUT2D eigenvalue weighted by Gasteiger charge is -2.14. The number of aromatic nitrogens is 4. The Kier molecular flexibility index (Phi) is 2.74. The highest BCUT2D eigenvalue weighted by Gasteiger charge is 2.23. The maximum Gasteiger partial charge on any atom is 0.176 e. The maximum atomic E-state index is 6.02. The third-order valence-electron chi connectivity index (χ3n) is 2.54. The fourth-order valence-corrected chi connectivity index (χ4v) is 1.67. The van der Waals surface area contributed by atoms with Crippen molar-refractivity contribution in [2.45, 2.75) is 18.9 Å². The van der Waals surface area contributed by atoms with E-state index in [1.165, 1.54) is 4.80 Å². The predicted octanol–water partition coefficient (Wildman–Crippen LogP) is -0.884. The van der Waals surface area contributed by atoms with Crippen molar-refractivity contribution in [3.8, 4) is 0 Å². The normalized spacial score (nSPS) is 24.0. The zero-order valence-corrected chi connectivity index (χ0v) is 8.26. The van der Waals surface area contributed by atoms with Crippen molar-refractivity contribution in [2.24, 2.45) is 18.7 Å². The number of hydrogen-bond acceptors (Lipinski definition) is 5. The first-order chi connectivity index (χ1) is 6.75. The molecule has 0 radical (unpaired) electrons. The zero-order valence-electron chi connectivity index (χ0n) is 8.26. The quantitative estimate of drug-likeness (QED) is 0.680. The Morgan fingerprint density at radius 3 is 3.14 bits per heavy atom. The first-order valence-electron chi connectivity index (χ1n) is 4.82. The van der Waals surface area contributed by atoms with Crippen molar-refractivity contribution in [3.63, 3.8) is 0 Å². The molecular weight excluding hydrogens is 182 g/mol. The fourth-order valence-electron chi connectivity index (χ4n) is 1.67. The molecule has 0 amide bonds. The van der Waals surface area contributed by atoms with Crippen LogP contribution in [0.1, 0.15) is 12.2 Å². The lowest BCUT2D eigenvalue weighted by molar-refractivity contribution is 0.180. The van der Waals surface area contributed by atoms with Crippen LogP contribution in [0.25, 0.3) is 0 Å². The van der Waals surface area contributed by atoms with E-state index in [1.54, 1.807) is 7.05 Å². The lowest BCUT2D eigenvalue weighted by Crippen LogP contribution is -2.33. The molecule has 1 aromatic heterocycles. The molecule has 0 saturated carbocycles. The van der Waals surface area contributed by atoms with Crippen molar-refractivity contribution in [3.05, 3.63) is 5.82 Å². The summed E-state index contributed by atoms with van der Waals surface area (Å²) in [6.07, 6.45) is 1.73. The number of nitrogens with two attached hydrogens (primary N) is 1. The molecule has 2 N–H and O–H groups in total. The highest BCUT2D eigenvalue weighted by molar-refractivity contribution is 4.87. The van der Waals surface area contributed by atoms with E-state index in [9.17, 15) is 0 Å². The van der Waals surface area contributed by atoms with Crippen LogP contribution in [-0.4, -0.2) is 39.5 Å². The van der Waals surface area contributed by atoms with Gasteiger partial charge in [-0.25, -0.2) is 0 Å². The van der Waals surface area contributed by atoms with Gasteiger partial charge < -0.3 is 10.5 Å². The molecule has 0 spiro atoms. The highest BCUT2D eigenvalue weighted by Crippen LogP contribution is 2.16. The summed E-state index contributed by atoms with van der Waals surface area (Å²) in [4.78, 5) is 1.45. The van der Waals surface area contributed by atoms with Crippen molar-refractivity contribution in [2.75, 3.05) is 13.2 Å². The predicted molar refractivity (Wildman–Crippen MR) is 49.4 cm³/mol. The summed E-state index contributed by atoms with van der Waals surface area (Å²) in [6.45, 7) is 1.59. The summed E-state index contributed by atoms with van der Waals surface area (Å²) in [7, 11) is 1.75. The Morgan fingerprint density at radius 2 is 2.57 bits per heavy atom. The van der Waals surface area contributed by atoms with Crippen LogP contribution >= 0.6 is 0 Å². The van der Waals surface area contributed by atoms with Gasteiger partial charge in [0.1, 0.15) is 0 Å². The number of rotatable bonds is 3. The zero-order chi connectivity index (χ0) is 9.97. The van der Waals surface area contributed by atoms with Gasteiger partial charge in [-0.1, -0.05) is 0 Å². The van der Waals surface area contributed by atoms with Crippen molar-refractivity contribution < 1.29 is 4.74 Å². The van der Waals surface area contributed by atoms with Gasteiger partial charge in [0, 0.05) is 19.1 Å². The molecule has 14 heavy (non-hydrogen) atoms. The topological polar surface area (TPSA) is 78.9 Å². The summed E-state index contributed by atoms with van der Waals surface area (Å²) < 4.78 is 5.28. The van der Waals surface area contributed by atoms with Crippen LogP contribution in [0.15, 0.2) is 0 Å². The molecule has 2 unspecified atom stereocenters. The molecule has 1 aliphatic rings. The Bertz CT molecular complexity index is 294. The second-order valence-corrected chi connectivity index (χ2v) is 3.69. The molecule has 1 fully saturated rings. The monoisotopic (exact) mass is 197 g/mol. The first-order valence-corrected chi connectivity index (χ1v) is 4.82. The molecule has 6 heteroatoms. The van der Waals surface area contributed by atoms with Gasteiger partial charge in [-0.05, 0) is 17.6 Å². The van der Waals surface area contributed by atoms with Crippen LogP contribution in [0.2, 0.25) is 0 Å². The average Bonchev–Trinajstić information content (AvgIpc) is 2.75. The van der Waals surface area contributed by atoms with E-state index in [0.29, 0.717) is 18.2 Å². The van der Waals surface area contributed by atoms with E-state index >= 15 is 0 Å². The smallest absolute Gasteiger partial charge is 0.176 e. The standard InChI is InChI=1S/C8H15N5O/c1-13-11-8(10-12-13)4-7(9)6-2-3-14-5-6/h6-7H,2-5,9H2,1H3. The summed E-state index contributed by atoms with van der Waals surface area (Å²) >= 11 is 0. The van der Waals surface area contributed by atoms with E-state index in [-0.39, 0.29) is 6.04 Å². The molecule has 0 aliphatic carbocycles. The van der Waals surface area contributed by atoms with Crippen LogP contribution in [0.4, 0.5) is 0 Å². The maximum absolute atomic E-state index is 6.02. The van der Waals surface area contributed by atoms with Crippen LogP contribution < -0.4 is 5.73 Å². The third-order valence-corrected chi connectivity index (χ3v) is 2.54. The van der Waals surface area contributed by atoms with E-state index in [1.807, 2.05) is 0 Å². The van der Waals surface area contributed by atoms with Gasteiger partial charge in [-0.15, -0.1) is 10.2 Å². The second-order valence-electron chi connectivity index (χ2n) is 3.69. The van der Waals surface area contributed by atoms with Gasteiger partial charge in [-0.2, -0.15) is 4.80 Å². The van der Waals surface area contributed by atoms with E-state index in [2.05, 4.69) is 15.4 Å². The lowest BCUT2D eigenvalue weighted by atomic mass is 9.97. The number of nitrogens with zero attached hydrogens (tertiary/aromatic N) is 4. The molecule has 0 aromatic carbocycles. The number of aryl methyl sites for hydroxylation is 1. The summed E-state index contributed by atoms with van der Waals surface area (Å²) in [5, 5.41) is 11.8. The molecule has 1 saturated heterocycles. The summed E-state index contributed by atoms with van der Waals surface area (Å²) in [6, 6.07) is 0.0849. The molecule has 0 bridgehead atoms. The minimum atomic E-state index is 0.0849. The molecule has 2 rings (SSSR count). The summed E-state index contributed by atoms with van der Waals surface area (Å²) in [5.41, 5.74) is 6.02. The summed E-state index contributed by atoms with van der Waals surface area (Å²) in [5.74, 6) is 1.16. The Morgan fingerprint density at radius 1 is 1.71 bits per heavy atom. The SMILES string of the molecule is Cn1nnc(CC(N)C2CCOC2)n1. The number of ether oxygens (including phenoxy) is 1. The van der Waals surface area contributed by atoms with E-state index < -0.39 is 0 Å². The average molecular weight is 197 g/mol. The molecule has 2 heterocycles. The van der Waals surface area contributed by atoms with Gasteiger partial charge in [0.2, 0.25) is 0 Å². The molecule has 6 nitrogen and oxygen atoms in total. The van der Waals surface area contributed by atoms with Crippen molar-refractivity contribution in [1.29, 1.82) is 0 Å². The Labute approximate surface area is 82.4 Å². The van der Waals surface area contributed by atoms with Gasteiger partial charge in [0.05, 0.1) is 13.7 Å². The second kappa shape index (κ2) is 4.02. The van der Waals surface area contributed by atoms with Gasteiger partial charge in [-0.3, -0.25) is 0 Å². The van der Waals surface area contributed by atoms with Crippen molar-refractivity contribution >= 4 is 0 Å². The Hall–Kier alpha value is -1.01. The van der Waals surface area contributed by atoms with Crippen LogP contribution in [0.5, 0.6) is 0 Å².